The highest BCUT2D eigenvalue weighted by molar-refractivity contribution is 6.74. The molecular weight excluding hydrogens is 785 g/mol. The molecule has 0 spiro atoms. The van der Waals surface area contributed by atoms with Gasteiger partial charge in [-0.25, -0.2) is 14.5 Å². The Labute approximate surface area is 360 Å². The summed E-state index contributed by atoms with van der Waals surface area (Å²) in [6.07, 6.45) is 13.5. The molecule has 14 heteroatoms. The topological polar surface area (TPSA) is 170 Å². The normalized spacial score (nSPS) is 16.0. The number of hydrogen-bond donors (Lipinski definition) is 3. The SMILES string of the molecule is CC#CCOc1ccc(C[C@H](NC(=O)[C@@H](/C=C/CCCCCCC2(CCCCCCC)OCCO2)[C@@](O)(CCO[Si](C)(C)C(C)(C)C)C(=O)O)C(=O)N(C)C(=O)OC)cc1. The number of aliphatic carboxylic acids is 1. The zero-order chi connectivity index (χ0) is 44.8. The number of aliphatic hydroxyl groups is 1. The summed E-state index contributed by atoms with van der Waals surface area (Å²) >= 11 is 0. The van der Waals surface area contributed by atoms with E-state index in [1.807, 2.05) is 13.1 Å². The number of benzene rings is 1. The summed E-state index contributed by atoms with van der Waals surface area (Å²) < 4.78 is 28.8. The number of amides is 3. The van der Waals surface area contributed by atoms with Crippen molar-refractivity contribution in [1.29, 1.82) is 0 Å². The molecule has 1 aromatic rings. The largest absolute Gasteiger partial charge is 0.481 e. The van der Waals surface area contributed by atoms with E-state index in [1.165, 1.54) is 38.8 Å². The Morgan fingerprint density at radius 1 is 0.983 bits per heavy atom. The van der Waals surface area contributed by atoms with Gasteiger partial charge in [-0.3, -0.25) is 9.59 Å². The molecule has 60 heavy (non-hydrogen) atoms. The fourth-order valence-corrected chi connectivity index (χ4v) is 7.80. The van der Waals surface area contributed by atoms with E-state index in [2.05, 4.69) is 44.9 Å². The molecule has 3 amide bonds. The van der Waals surface area contributed by atoms with Gasteiger partial charge in [0.25, 0.3) is 5.91 Å². The second kappa shape index (κ2) is 25.9. The molecular formula is C46H74N2O11Si. The smallest absolute Gasteiger partial charge is 0.416 e. The predicted molar refractivity (Wildman–Crippen MR) is 235 cm³/mol. The molecule has 1 aliphatic rings. The Balaban J connectivity index is 2.29. The van der Waals surface area contributed by atoms with Crippen LogP contribution in [0.25, 0.3) is 0 Å². The first kappa shape index (κ1) is 52.4. The molecule has 3 N–H and O–H groups in total. The fourth-order valence-electron chi connectivity index (χ4n) is 6.76. The number of carboxylic acids is 1. The lowest BCUT2D eigenvalue weighted by Crippen LogP contribution is -2.57. The van der Waals surface area contributed by atoms with Crippen LogP contribution in [-0.2, 0) is 39.4 Å². The van der Waals surface area contributed by atoms with Crippen LogP contribution in [0.2, 0.25) is 18.1 Å². The van der Waals surface area contributed by atoms with E-state index in [-0.39, 0.29) is 31.1 Å². The van der Waals surface area contributed by atoms with Gasteiger partial charge in [-0.1, -0.05) is 96.4 Å². The van der Waals surface area contributed by atoms with Crippen molar-refractivity contribution < 1.29 is 52.8 Å². The number of hydrogen-bond acceptors (Lipinski definition) is 10. The molecule has 13 nitrogen and oxygen atoms in total. The molecule has 1 saturated heterocycles. The van der Waals surface area contributed by atoms with E-state index in [0.717, 1.165) is 57.0 Å². The first-order valence-electron chi connectivity index (χ1n) is 21.7. The van der Waals surface area contributed by atoms with Crippen LogP contribution in [0.3, 0.4) is 0 Å². The minimum atomic E-state index is -2.59. The molecule has 0 aromatic heterocycles. The highest BCUT2D eigenvalue weighted by atomic mass is 28.4. The van der Waals surface area contributed by atoms with Crippen LogP contribution in [0.15, 0.2) is 36.4 Å². The van der Waals surface area contributed by atoms with Gasteiger partial charge < -0.3 is 38.9 Å². The third-order valence-electron chi connectivity index (χ3n) is 11.6. The standard InChI is InChI=1S/C46H74N2O11Si/c1-10-12-14-18-21-28-45(57-33-34-58-45)29-22-19-16-15-17-20-23-38(46(54,42(51)52)30-32-59-60(8,9)44(3,4)5)40(49)47-39(41(50)48(6)43(53)55-7)35-36-24-26-37(27-25-36)56-31-13-11-2/h20,23-27,38-39,54H,10,12,14-19,21-22,28-35H2,1-9H3,(H,47,49)(H,51,52)/b23-20+/t38-,39+,46+/m1/s1. The van der Waals surface area contributed by atoms with Gasteiger partial charge in [-0.05, 0) is 68.4 Å². The van der Waals surface area contributed by atoms with Crippen LogP contribution in [0, 0.1) is 17.8 Å². The van der Waals surface area contributed by atoms with E-state index >= 15 is 0 Å². The minimum absolute atomic E-state index is 0.0619. The second-order valence-electron chi connectivity index (χ2n) is 17.2. The molecule has 1 heterocycles. The maximum atomic E-state index is 14.3. The molecule has 0 saturated carbocycles. The van der Waals surface area contributed by atoms with Crippen LogP contribution >= 0.6 is 0 Å². The van der Waals surface area contributed by atoms with Crippen LogP contribution in [0.5, 0.6) is 5.75 Å². The maximum Gasteiger partial charge on any atom is 0.416 e. The Morgan fingerprint density at radius 2 is 1.58 bits per heavy atom. The highest BCUT2D eigenvalue weighted by Crippen LogP contribution is 2.37. The Morgan fingerprint density at radius 3 is 2.13 bits per heavy atom. The van der Waals surface area contributed by atoms with Crippen LogP contribution < -0.4 is 10.1 Å². The molecule has 0 aliphatic carbocycles. The number of rotatable bonds is 27. The van der Waals surface area contributed by atoms with E-state index in [0.29, 0.717) is 30.9 Å². The lowest BCUT2D eigenvalue weighted by Gasteiger charge is -2.37. The monoisotopic (exact) mass is 859 g/mol. The first-order chi connectivity index (χ1) is 28.4. The number of nitrogens with zero attached hydrogens (tertiary/aromatic N) is 1. The van der Waals surface area contributed by atoms with Crippen molar-refractivity contribution in [2.75, 3.05) is 40.6 Å². The molecule has 1 aromatic carbocycles. The summed E-state index contributed by atoms with van der Waals surface area (Å²) in [6, 6.07) is 5.49. The predicted octanol–water partition coefficient (Wildman–Crippen LogP) is 8.19. The van der Waals surface area contributed by atoms with Crippen molar-refractivity contribution in [3.8, 4) is 17.6 Å². The number of ether oxygens (including phenoxy) is 4. The van der Waals surface area contributed by atoms with E-state index in [4.69, 9.17) is 23.4 Å². The number of methoxy groups -OCH3 is 1. The average Bonchev–Trinajstić information content (AvgIpc) is 3.67. The summed E-state index contributed by atoms with van der Waals surface area (Å²) in [4.78, 5) is 54.2. The van der Waals surface area contributed by atoms with Crippen molar-refractivity contribution >= 4 is 32.2 Å². The lowest BCUT2D eigenvalue weighted by atomic mass is 9.83. The van der Waals surface area contributed by atoms with Gasteiger partial charge in [0.2, 0.25) is 5.91 Å². The van der Waals surface area contributed by atoms with Gasteiger partial charge in [0.15, 0.2) is 19.7 Å². The zero-order valence-corrected chi connectivity index (χ0v) is 38.9. The van der Waals surface area contributed by atoms with Crippen molar-refractivity contribution in [3.05, 3.63) is 42.0 Å². The fraction of sp³-hybridized carbons (Fsp3) is 0.696. The van der Waals surface area contributed by atoms with Gasteiger partial charge in [0, 0.05) is 39.3 Å². The Bertz CT molecular complexity index is 1570. The van der Waals surface area contributed by atoms with E-state index in [1.54, 1.807) is 37.3 Å². The van der Waals surface area contributed by atoms with Gasteiger partial charge in [0.05, 0.1) is 26.2 Å². The first-order valence-corrected chi connectivity index (χ1v) is 24.6. The molecule has 0 bridgehead atoms. The molecule has 0 unspecified atom stereocenters. The van der Waals surface area contributed by atoms with Crippen molar-refractivity contribution in [3.63, 3.8) is 0 Å². The number of allylic oxidation sites excluding steroid dienone is 1. The second-order valence-corrected chi connectivity index (χ2v) is 22.0. The number of imide groups is 1. The summed E-state index contributed by atoms with van der Waals surface area (Å²) in [7, 11) is 0.0106. The molecule has 2 rings (SSSR count). The van der Waals surface area contributed by atoms with Gasteiger partial charge in [-0.15, -0.1) is 5.92 Å². The lowest BCUT2D eigenvalue weighted by molar-refractivity contribution is -0.168. The third kappa shape index (κ3) is 17.0. The minimum Gasteiger partial charge on any atom is -0.481 e. The molecule has 1 fully saturated rings. The van der Waals surface area contributed by atoms with Crippen molar-refractivity contribution in [1.82, 2.24) is 10.2 Å². The Kier molecular flexibility index (Phi) is 22.6. The van der Waals surface area contributed by atoms with E-state index < -0.39 is 55.5 Å². The maximum absolute atomic E-state index is 14.3. The molecule has 3 atom stereocenters. The highest BCUT2D eigenvalue weighted by Gasteiger charge is 2.48. The molecule has 338 valence electrons. The molecule has 0 radical (unpaired) electrons. The van der Waals surface area contributed by atoms with Gasteiger partial charge >= 0.3 is 12.1 Å². The summed E-state index contributed by atoms with van der Waals surface area (Å²) in [5.41, 5.74) is -1.97. The van der Waals surface area contributed by atoms with Crippen LogP contribution in [0.4, 0.5) is 4.79 Å². The van der Waals surface area contributed by atoms with Crippen LogP contribution in [-0.4, -0.2) is 105 Å². The van der Waals surface area contributed by atoms with Gasteiger partial charge in [0.1, 0.15) is 18.4 Å². The summed E-state index contributed by atoms with van der Waals surface area (Å²) in [6.45, 7) is 15.4. The number of carbonyl (C=O) groups excluding carboxylic acids is 3. The number of nitrogens with one attached hydrogen (secondary N) is 1. The van der Waals surface area contributed by atoms with Gasteiger partial charge in [-0.2, -0.15) is 0 Å². The Hall–Kier alpha value is -3.74. The quantitative estimate of drug-likeness (QED) is 0.0338. The van der Waals surface area contributed by atoms with Crippen molar-refractivity contribution in [2.24, 2.45) is 5.92 Å². The third-order valence-corrected chi connectivity index (χ3v) is 16.2. The number of carbonyl (C=O) groups is 4. The summed E-state index contributed by atoms with van der Waals surface area (Å²) in [5.74, 6) is 0.744. The number of carboxylic acid groups (broad SMARTS) is 1. The number of unbranched alkanes of at least 4 members (excludes halogenated alkanes) is 8. The van der Waals surface area contributed by atoms with Crippen LogP contribution in [0.1, 0.15) is 124 Å². The molecule has 1 aliphatic heterocycles. The van der Waals surface area contributed by atoms with Crippen molar-refractivity contribution in [2.45, 2.75) is 160 Å². The summed E-state index contributed by atoms with van der Waals surface area (Å²) in [5, 5.41) is 25.0. The number of likely N-dealkylation sites (N-methyl/N-ethyl adjacent to an activating group) is 1. The average molecular weight is 859 g/mol. The van der Waals surface area contributed by atoms with E-state index in [9.17, 15) is 29.4 Å². The zero-order valence-electron chi connectivity index (χ0n) is 37.9.